The zero-order valence-corrected chi connectivity index (χ0v) is 23.2. The van der Waals surface area contributed by atoms with E-state index in [1.807, 2.05) is 31.3 Å². The van der Waals surface area contributed by atoms with Crippen LogP contribution in [0.4, 0.5) is 9.80 Å². The number of urea groups is 1. The number of hydrogen-bond acceptors (Lipinski definition) is 7. The van der Waals surface area contributed by atoms with Gasteiger partial charge in [-0.2, -0.15) is 4.31 Å². The molecule has 0 aliphatic carbocycles. The molecule has 0 fully saturated rings. The van der Waals surface area contributed by atoms with Crippen molar-refractivity contribution in [2.75, 3.05) is 32.5 Å². The first kappa shape index (κ1) is 27.0. The number of carbonyl (C=O) groups is 3. The summed E-state index contributed by atoms with van der Waals surface area (Å²) in [6, 6.07) is 13.0. The van der Waals surface area contributed by atoms with E-state index in [1.165, 1.54) is 47.0 Å². The van der Waals surface area contributed by atoms with Crippen LogP contribution in [0, 0.1) is 0 Å². The number of fused-ring (bicyclic) bond motifs is 2. The normalized spacial score (nSPS) is 15.6. The fourth-order valence-corrected chi connectivity index (χ4v) is 7.60. The fraction of sp³-hybridized carbons (Fsp3) is 0.296. The van der Waals surface area contributed by atoms with Crippen molar-refractivity contribution in [2.45, 2.75) is 30.8 Å². The second kappa shape index (κ2) is 10.9. The topological polar surface area (TPSA) is 128 Å². The largest absolute Gasteiger partial charge is 0.341 e. The Morgan fingerprint density at radius 3 is 2.33 bits per heavy atom. The summed E-state index contributed by atoms with van der Waals surface area (Å²) < 4.78 is 28.0. The molecule has 3 aromatic rings. The quantitative estimate of drug-likeness (QED) is 0.435. The third kappa shape index (κ3) is 5.46. The van der Waals surface area contributed by atoms with Gasteiger partial charge in [0, 0.05) is 43.7 Å². The van der Waals surface area contributed by atoms with Crippen LogP contribution in [-0.4, -0.2) is 62.7 Å². The van der Waals surface area contributed by atoms with Gasteiger partial charge in [0.15, 0.2) is 0 Å². The monoisotopic (exact) mass is 567 g/mol. The molecule has 0 saturated heterocycles. The molecular weight excluding hydrogens is 538 g/mol. The van der Waals surface area contributed by atoms with Crippen molar-refractivity contribution in [3.63, 3.8) is 0 Å². The lowest BCUT2D eigenvalue weighted by molar-refractivity contribution is 0.0964. The van der Waals surface area contributed by atoms with Gasteiger partial charge in [0.25, 0.3) is 11.8 Å². The number of anilines is 1. The Morgan fingerprint density at radius 1 is 0.897 bits per heavy atom. The number of imide groups is 1. The molecular formula is C27H29N5O5S2. The van der Waals surface area contributed by atoms with Gasteiger partial charge in [-0.3, -0.25) is 14.9 Å². The van der Waals surface area contributed by atoms with E-state index >= 15 is 0 Å². The number of nitrogens with zero attached hydrogens (tertiary/aromatic N) is 2. The fourth-order valence-electron chi connectivity index (χ4n) is 4.87. The Hall–Kier alpha value is -3.58. The van der Waals surface area contributed by atoms with Crippen molar-refractivity contribution >= 4 is 44.2 Å². The predicted molar refractivity (Wildman–Crippen MR) is 148 cm³/mol. The van der Waals surface area contributed by atoms with Gasteiger partial charge in [-0.25, -0.2) is 13.2 Å². The minimum absolute atomic E-state index is 0.110. The van der Waals surface area contributed by atoms with Gasteiger partial charge in [-0.05, 0) is 60.8 Å². The number of rotatable bonds is 5. The Balaban J connectivity index is 1.35. The second-order valence-electron chi connectivity index (χ2n) is 9.56. The zero-order chi connectivity index (χ0) is 27.7. The van der Waals surface area contributed by atoms with E-state index in [2.05, 4.69) is 20.9 Å². The number of thiophene rings is 1. The SMILES string of the molecule is CNC(=O)NC(=O)c1c(NC(=O)c2ccc(S(=O)(=O)N3CCc4ccccc4C3)cc2)sc2c1CCN(C)C2. The van der Waals surface area contributed by atoms with Crippen molar-refractivity contribution < 1.29 is 22.8 Å². The molecule has 0 atom stereocenters. The summed E-state index contributed by atoms with van der Waals surface area (Å²) in [6.07, 6.45) is 1.26. The molecule has 1 aromatic heterocycles. The molecule has 12 heteroatoms. The van der Waals surface area contributed by atoms with Crippen molar-refractivity contribution in [1.82, 2.24) is 19.8 Å². The highest BCUT2D eigenvalue weighted by atomic mass is 32.2. The lowest BCUT2D eigenvalue weighted by Gasteiger charge is -2.28. The van der Waals surface area contributed by atoms with Gasteiger partial charge in [0.2, 0.25) is 10.0 Å². The zero-order valence-electron chi connectivity index (χ0n) is 21.6. The van der Waals surface area contributed by atoms with E-state index in [0.29, 0.717) is 37.5 Å². The maximum Gasteiger partial charge on any atom is 0.321 e. The number of amides is 4. The molecule has 3 N–H and O–H groups in total. The Morgan fingerprint density at radius 2 is 1.62 bits per heavy atom. The molecule has 39 heavy (non-hydrogen) atoms. The standard InChI is InChI=1S/C27H29N5O5S2/c1-28-27(35)30-25(34)23-21-12-13-31(2)16-22(21)38-26(23)29-24(33)18-7-9-20(10-8-18)39(36,37)32-14-11-17-5-3-4-6-19(17)15-32/h3-10H,11-16H2,1-2H3,(H,29,33)(H2,28,30,34,35). The maximum atomic E-state index is 13.3. The first-order valence-electron chi connectivity index (χ1n) is 12.5. The first-order chi connectivity index (χ1) is 18.7. The van der Waals surface area contributed by atoms with Gasteiger partial charge in [-0.1, -0.05) is 24.3 Å². The van der Waals surface area contributed by atoms with Gasteiger partial charge in [0.1, 0.15) is 5.00 Å². The first-order valence-corrected chi connectivity index (χ1v) is 14.8. The molecule has 0 unspecified atom stereocenters. The summed E-state index contributed by atoms with van der Waals surface area (Å²) in [5.74, 6) is -1.07. The lowest BCUT2D eigenvalue weighted by Crippen LogP contribution is -2.38. The number of hydrogen-bond donors (Lipinski definition) is 3. The summed E-state index contributed by atoms with van der Waals surface area (Å²) in [4.78, 5) is 41.1. The minimum Gasteiger partial charge on any atom is -0.341 e. The van der Waals surface area contributed by atoms with Crippen molar-refractivity contribution in [3.05, 3.63) is 81.2 Å². The molecule has 204 valence electrons. The highest BCUT2D eigenvalue weighted by Gasteiger charge is 2.30. The van der Waals surface area contributed by atoms with Crippen LogP contribution in [0.3, 0.4) is 0 Å². The predicted octanol–water partition coefficient (Wildman–Crippen LogP) is 2.80. The third-order valence-corrected chi connectivity index (χ3v) is 10.00. The average molecular weight is 568 g/mol. The number of benzene rings is 2. The minimum atomic E-state index is -3.74. The summed E-state index contributed by atoms with van der Waals surface area (Å²) in [6.45, 7) is 2.07. The van der Waals surface area contributed by atoms with Crippen molar-refractivity contribution in [3.8, 4) is 0 Å². The molecule has 0 bridgehead atoms. The van der Waals surface area contributed by atoms with Crippen molar-refractivity contribution in [2.24, 2.45) is 0 Å². The summed E-state index contributed by atoms with van der Waals surface area (Å²) in [7, 11) is -0.348. The number of nitrogens with one attached hydrogen (secondary N) is 3. The van der Waals surface area contributed by atoms with Crippen LogP contribution < -0.4 is 16.0 Å². The van der Waals surface area contributed by atoms with Crippen molar-refractivity contribution in [1.29, 1.82) is 0 Å². The molecule has 0 radical (unpaired) electrons. The van der Waals surface area contributed by atoms with Gasteiger partial charge in [-0.15, -0.1) is 11.3 Å². The van der Waals surface area contributed by atoms with Gasteiger partial charge < -0.3 is 15.5 Å². The average Bonchev–Trinajstić information content (AvgIpc) is 3.29. The highest BCUT2D eigenvalue weighted by molar-refractivity contribution is 7.89. The molecule has 0 saturated carbocycles. The maximum absolute atomic E-state index is 13.3. The molecule has 2 aliphatic heterocycles. The van der Waals surface area contributed by atoms with Crippen LogP contribution in [0.5, 0.6) is 0 Å². The smallest absolute Gasteiger partial charge is 0.321 e. The molecule has 10 nitrogen and oxygen atoms in total. The molecule has 2 aliphatic rings. The third-order valence-electron chi connectivity index (χ3n) is 7.01. The van der Waals surface area contributed by atoms with Crippen LogP contribution in [-0.2, 0) is 36.0 Å². The van der Waals surface area contributed by atoms with Crippen LogP contribution in [0.25, 0.3) is 0 Å². The van der Waals surface area contributed by atoms with Crippen LogP contribution in [0.2, 0.25) is 0 Å². The Labute approximate surface area is 231 Å². The lowest BCUT2D eigenvalue weighted by atomic mass is 10.0. The molecule has 5 rings (SSSR count). The van der Waals surface area contributed by atoms with Crippen LogP contribution in [0.1, 0.15) is 42.3 Å². The van der Waals surface area contributed by atoms with E-state index < -0.39 is 27.9 Å². The number of likely N-dealkylation sites (N-methyl/N-ethyl adjacent to an activating group) is 1. The summed E-state index contributed by atoms with van der Waals surface area (Å²) in [5, 5.41) is 7.82. The number of sulfonamides is 1. The van der Waals surface area contributed by atoms with Crippen LogP contribution >= 0.6 is 11.3 Å². The molecule has 4 amide bonds. The van der Waals surface area contributed by atoms with E-state index in [-0.39, 0.29) is 16.0 Å². The number of carbonyl (C=O) groups excluding carboxylic acids is 3. The van der Waals surface area contributed by atoms with E-state index in [4.69, 9.17) is 0 Å². The highest BCUT2D eigenvalue weighted by Crippen LogP contribution is 2.37. The summed E-state index contributed by atoms with van der Waals surface area (Å²) in [5.41, 5.74) is 3.49. The van der Waals surface area contributed by atoms with Gasteiger partial charge in [0.05, 0.1) is 10.5 Å². The molecule has 0 spiro atoms. The van der Waals surface area contributed by atoms with Gasteiger partial charge >= 0.3 is 6.03 Å². The Kier molecular flexibility index (Phi) is 7.54. The van der Waals surface area contributed by atoms with Crippen LogP contribution in [0.15, 0.2) is 53.4 Å². The summed E-state index contributed by atoms with van der Waals surface area (Å²) >= 11 is 1.30. The molecule has 3 heterocycles. The second-order valence-corrected chi connectivity index (χ2v) is 12.6. The van der Waals surface area contributed by atoms with E-state index in [0.717, 1.165) is 28.1 Å². The van der Waals surface area contributed by atoms with E-state index in [9.17, 15) is 22.8 Å². The molecule has 2 aromatic carbocycles. The Bertz CT molecular complexity index is 1550. The van der Waals surface area contributed by atoms with E-state index in [1.54, 1.807) is 0 Å².